The minimum Gasteiger partial charge on any atom is -0.327 e. The fourth-order valence-electron chi connectivity index (χ4n) is 2.55. The van der Waals surface area contributed by atoms with Crippen LogP contribution in [0.1, 0.15) is 26.2 Å². The Hall–Kier alpha value is -0.890. The Morgan fingerprint density at radius 2 is 1.93 bits per heavy atom. The SMILES string of the molecule is CC1CC(C[n+]2ccccc2)CCC1N. The van der Waals surface area contributed by atoms with Crippen molar-refractivity contribution in [3.05, 3.63) is 30.6 Å². The fraction of sp³-hybridized carbons (Fsp3) is 0.615. The molecule has 0 aliphatic heterocycles. The van der Waals surface area contributed by atoms with Crippen molar-refractivity contribution in [2.24, 2.45) is 17.6 Å². The number of rotatable bonds is 2. The standard InChI is InChI=1S/C13H21N2/c1-11-9-12(5-6-13(11)14)10-15-7-3-2-4-8-15/h2-4,7-8,11-13H,5-6,9-10,14H2,1H3/q+1. The maximum Gasteiger partial charge on any atom is 0.168 e. The van der Waals surface area contributed by atoms with Crippen LogP contribution in [0.5, 0.6) is 0 Å². The first-order chi connectivity index (χ1) is 7.25. The number of nitrogens with zero attached hydrogens (tertiary/aromatic N) is 1. The van der Waals surface area contributed by atoms with Crippen molar-refractivity contribution in [1.29, 1.82) is 0 Å². The van der Waals surface area contributed by atoms with Gasteiger partial charge in [0.15, 0.2) is 18.9 Å². The lowest BCUT2D eigenvalue weighted by molar-refractivity contribution is -0.703. The van der Waals surface area contributed by atoms with Crippen molar-refractivity contribution in [1.82, 2.24) is 0 Å². The van der Waals surface area contributed by atoms with Gasteiger partial charge in [-0.2, -0.15) is 0 Å². The molecule has 1 aliphatic rings. The summed E-state index contributed by atoms with van der Waals surface area (Å²) in [5.74, 6) is 1.50. The van der Waals surface area contributed by atoms with Crippen LogP contribution in [0, 0.1) is 11.8 Å². The average molecular weight is 205 g/mol. The molecule has 1 saturated carbocycles. The molecule has 0 spiro atoms. The predicted octanol–water partition coefficient (Wildman–Crippen LogP) is 1.74. The van der Waals surface area contributed by atoms with Gasteiger partial charge in [0.05, 0.1) is 0 Å². The van der Waals surface area contributed by atoms with Crippen LogP contribution in [0.2, 0.25) is 0 Å². The summed E-state index contributed by atoms with van der Waals surface area (Å²) >= 11 is 0. The normalized spacial score (nSPS) is 31.5. The van der Waals surface area contributed by atoms with Crippen LogP contribution in [0.25, 0.3) is 0 Å². The first-order valence-corrected chi connectivity index (χ1v) is 5.95. The van der Waals surface area contributed by atoms with Crippen LogP contribution in [0.4, 0.5) is 0 Å². The zero-order valence-corrected chi connectivity index (χ0v) is 9.47. The Morgan fingerprint density at radius 3 is 2.60 bits per heavy atom. The van der Waals surface area contributed by atoms with Gasteiger partial charge >= 0.3 is 0 Å². The van der Waals surface area contributed by atoms with Crippen LogP contribution in [0.3, 0.4) is 0 Å². The smallest absolute Gasteiger partial charge is 0.168 e. The molecule has 2 heteroatoms. The molecule has 1 aromatic rings. The van der Waals surface area contributed by atoms with E-state index in [0.717, 1.165) is 12.5 Å². The molecule has 1 aromatic heterocycles. The van der Waals surface area contributed by atoms with Gasteiger partial charge in [-0.25, -0.2) is 4.57 Å². The maximum atomic E-state index is 6.03. The van der Waals surface area contributed by atoms with Crippen LogP contribution in [-0.4, -0.2) is 6.04 Å². The molecule has 15 heavy (non-hydrogen) atoms. The molecule has 1 fully saturated rings. The summed E-state index contributed by atoms with van der Waals surface area (Å²) in [5.41, 5.74) is 6.03. The molecule has 1 aliphatic carbocycles. The zero-order valence-electron chi connectivity index (χ0n) is 9.47. The molecule has 82 valence electrons. The Labute approximate surface area is 92.1 Å². The van der Waals surface area contributed by atoms with E-state index in [1.54, 1.807) is 0 Å². The van der Waals surface area contributed by atoms with Gasteiger partial charge < -0.3 is 5.73 Å². The molecular formula is C13H21N2+. The minimum absolute atomic E-state index is 0.432. The Morgan fingerprint density at radius 1 is 1.20 bits per heavy atom. The number of nitrogens with two attached hydrogens (primary N) is 1. The lowest BCUT2D eigenvalue weighted by Crippen LogP contribution is -2.42. The van der Waals surface area contributed by atoms with Gasteiger partial charge in [0.25, 0.3) is 0 Å². The van der Waals surface area contributed by atoms with Gasteiger partial charge in [0.1, 0.15) is 0 Å². The fourth-order valence-corrected chi connectivity index (χ4v) is 2.55. The largest absolute Gasteiger partial charge is 0.327 e. The van der Waals surface area contributed by atoms with Crippen molar-refractivity contribution < 1.29 is 4.57 Å². The van der Waals surface area contributed by atoms with Crippen molar-refractivity contribution in [2.75, 3.05) is 0 Å². The van der Waals surface area contributed by atoms with Gasteiger partial charge in [-0.1, -0.05) is 13.0 Å². The molecular weight excluding hydrogens is 184 g/mol. The molecule has 0 bridgehead atoms. The molecule has 3 unspecified atom stereocenters. The molecule has 0 aromatic carbocycles. The van der Waals surface area contributed by atoms with Gasteiger partial charge in [-0.3, -0.25) is 0 Å². The Bertz CT molecular complexity index is 297. The van der Waals surface area contributed by atoms with E-state index in [4.69, 9.17) is 5.73 Å². The lowest BCUT2D eigenvalue weighted by atomic mass is 9.79. The summed E-state index contributed by atoms with van der Waals surface area (Å²) in [7, 11) is 0. The molecule has 1 heterocycles. The summed E-state index contributed by atoms with van der Waals surface area (Å²) < 4.78 is 2.29. The van der Waals surface area contributed by atoms with Crippen molar-refractivity contribution >= 4 is 0 Å². The number of aromatic nitrogens is 1. The van der Waals surface area contributed by atoms with E-state index in [9.17, 15) is 0 Å². The topological polar surface area (TPSA) is 29.9 Å². The van der Waals surface area contributed by atoms with Crippen LogP contribution >= 0.6 is 0 Å². The van der Waals surface area contributed by atoms with E-state index in [2.05, 4.69) is 42.1 Å². The Kier molecular flexibility index (Phi) is 3.37. The van der Waals surface area contributed by atoms with E-state index in [-0.39, 0.29) is 0 Å². The molecule has 2 N–H and O–H groups in total. The minimum atomic E-state index is 0.432. The average Bonchev–Trinajstić information content (AvgIpc) is 2.25. The number of hydrogen-bond acceptors (Lipinski definition) is 1. The summed E-state index contributed by atoms with van der Waals surface area (Å²) in [6.45, 7) is 3.43. The summed E-state index contributed by atoms with van der Waals surface area (Å²) in [4.78, 5) is 0. The van der Waals surface area contributed by atoms with E-state index in [1.807, 2.05) is 0 Å². The van der Waals surface area contributed by atoms with Crippen molar-refractivity contribution in [3.63, 3.8) is 0 Å². The second kappa shape index (κ2) is 4.75. The monoisotopic (exact) mass is 205 g/mol. The lowest BCUT2D eigenvalue weighted by Gasteiger charge is -2.30. The Balaban J connectivity index is 1.91. The van der Waals surface area contributed by atoms with E-state index >= 15 is 0 Å². The zero-order chi connectivity index (χ0) is 10.7. The van der Waals surface area contributed by atoms with Gasteiger partial charge in [-0.05, 0) is 25.2 Å². The van der Waals surface area contributed by atoms with Crippen molar-refractivity contribution in [2.45, 2.75) is 38.8 Å². The van der Waals surface area contributed by atoms with Gasteiger partial charge in [0.2, 0.25) is 0 Å². The van der Waals surface area contributed by atoms with Crippen LogP contribution in [-0.2, 0) is 6.54 Å². The highest BCUT2D eigenvalue weighted by molar-refractivity contribution is 4.84. The molecule has 3 atom stereocenters. The second-order valence-electron chi connectivity index (χ2n) is 4.89. The van der Waals surface area contributed by atoms with E-state index in [0.29, 0.717) is 12.0 Å². The van der Waals surface area contributed by atoms with Gasteiger partial charge in [0, 0.05) is 24.1 Å². The number of hydrogen-bond donors (Lipinski definition) is 1. The molecule has 0 amide bonds. The van der Waals surface area contributed by atoms with Crippen LogP contribution in [0.15, 0.2) is 30.6 Å². The summed E-state index contributed by atoms with van der Waals surface area (Å²) in [5, 5.41) is 0. The highest BCUT2D eigenvalue weighted by atomic mass is 14.9. The van der Waals surface area contributed by atoms with Crippen LogP contribution < -0.4 is 10.3 Å². The molecule has 2 rings (SSSR count). The number of pyridine rings is 1. The molecule has 2 nitrogen and oxygen atoms in total. The summed E-state index contributed by atoms with van der Waals surface area (Å²) in [6.07, 6.45) is 8.06. The third kappa shape index (κ3) is 2.78. The third-order valence-corrected chi connectivity index (χ3v) is 3.59. The molecule has 0 radical (unpaired) electrons. The first kappa shape index (κ1) is 10.6. The first-order valence-electron chi connectivity index (χ1n) is 5.95. The van der Waals surface area contributed by atoms with Gasteiger partial charge in [-0.15, -0.1) is 0 Å². The highest BCUT2D eigenvalue weighted by Gasteiger charge is 2.26. The summed E-state index contributed by atoms with van der Waals surface area (Å²) in [6, 6.07) is 6.69. The van der Waals surface area contributed by atoms with Crippen molar-refractivity contribution in [3.8, 4) is 0 Å². The maximum absolute atomic E-state index is 6.03. The predicted molar refractivity (Wildman–Crippen MR) is 61.1 cm³/mol. The third-order valence-electron chi connectivity index (χ3n) is 3.59. The van der Waals surface area contributed by atoms with E-state index in [1.165, 1.54) is 19.3 Å². The second-order valence-corrected chi connectivity index (χ2v) is 4.89. The highest BCUT2D eigenvalue weighted by Crippen LogP contribution is 2.27. The van der Waals surface area contributed by atoms with E-state index < -0.39 is 0 Å². The quantitative estimate of drug-likeness (QED) is 0.732. The molecule has 0 saturated heterocycles.